The van der Waals surface area contributed by atoms with E-state index in [0.29, 0.717) is 40.3 Å². The highest BCUT2D eigenvalue weighted by Crippen LogP contribution is 2.44. The normalized spacial score (nSPS) is 13.8. The van der Waals surface area contributed by atoms with Crippen LogP contribution in [-0.2, 0) is 10.5 Å². The van der Waals surface area contributed by atoms with Gasteiger partial charge in [0, 0.05) is 23.3 Å². The summed E-state index contributed by atoms with van der Waals surface area (Å²) in [5.41, 5.74) is -2.35. The molecule has 6 nitrogen and oxygen atoms in total. The third-order valence-electron chi connectivity index (χ3n) is 6.07. The highest BCUT2D eigenvalue weighted by molar-refractivity contribution is 7.71. The summed E-state index contributed by atoms with van der Waals surface area (Å²) in [7, 11) is -2.67. The molecule has 3 aromatic rings. The minimum absolute atomic E-state index is 0.00657. The van der Waals surface area contributed by atoms with Crippen LogP contribution in [0.15, 0.2) is 30.5 Å². The lowest BCUT2D eigenvalue weighted by molar-refractivity contribution is -0.170. The Morgan fingerprint density at radius 1 is 1.18 bits per heavy atom. The van der Waals surface area contributed by atoms with Crippen LogP contribution in [0.5, 0.6) is 0 Å². The number of hydrogen-bond acceptors (Lipinski definition) is 6. The van der Waals surface area contributed by atoms with Gasteiger partial charge in [0.15, 0.2) is 0 Å². The number of anilines is 1. The van der Waals surface area contributed by atoms with Crippen molar-refractivity contribution in [1.82, 2.24) is 15.0 Å². The van der Waals surface area contributed by atoms with Crippen molar-refractivity contribution in [2.45, 2.75) is 59.1 Å². The number of fused-ring (bicyclic) bond motifs is 1. The summed E-state index contributed by atoms with van der Waals surface area (Å²) in [4.78, 5) is 13.2. The Morgan fingerprint density at radius 2 is 1.82 bits per heavy atom. The van der Waals surface area contributed by atoms with Crippen LogP contribution >= 0.6 is 7.14 Å². The van der Waals surface area contributed by atoms with Crippen molar-refractivity contribution in [3.05, 3.63) is 53.2 Å². The Morgan fingerprint density at radius 3 is 2.41 bits per heavy atom. The maximum Gasteiger partial charge on any atom is 0.303 e. The third kappa shape index (κ3) is 4.68. The lowest BCUT2D eigenvalue weighted by Crippen LogP contribution is -2.41. The van der Waals surface area contributed by atoms with Crippen molar-refractivity contribution < 1.29 is 22.8 Å². The van der Waals surface area contributed by atoms with E-state index in [0.717, 1.165) is 19.9 Å². The second-order valence-corrected chi connectivity index (χ2v) is 12.4. The fraction of sp³-hybridized carbons (Fsp3) is 0.458. The first-order chi connectivity index (χ1) is 15.7. The number of nitrogens with zero attached hydrogens (tertiary/aromatic N) is 3. The van der Waals surface area contributed by atoms with Crippen LogP contribution in [0.25, 0.3) is 10.9 Å². The van der Waals surface area contributed by atoms with Crippen molar-refractivity contribution in [1.29, 1.82) is 0 Å². The van der Waals surface area contributed by atoms with Gasteiger partial charge in [-0.25, -0.2) is 14.4 Å². The Bertz CT molecular complexity index is 1250. The molecule has 0 radical (unpaired) electrons. The molecule has 0 fully saturated rings. The summed E-state index contributed by atoms with van der Waals surface area (Å²) < 4.78 is 57.9. The molecule has 0 unspecified atom stereocenters. The first-order valence-corrected chi connectivity index (χ1v) is 13.2. The number of aromatic nitrogens is 3. The van der Waals surface area contributed by atoms with Crippen LogP contribution < -0.4 is 10.8 Å². The minimum Gasteiger partial charge on any atom is -0.384 e. The lowest BCUT2D eigenvalue weighted by Gasteiger charge is -2.30. The number of alkyl halides is 2. The van der Waals surface area contributed by atoms with Gasteiger partial charge >= 0.3 is 5.92 Å². The standard InChI is InChI=1S/C24H30F3N4O2P/c1-7-34(33,8-2)20-12-17-19(13-28-20)30-15(4)31-22(17)29-14(3)16-10-9-11-18(21(16)25)24(26,27)23(5,6)32/h9-14,32H,7-8H2,1-6H3,(H,29,30,31)/t14-/m1/s1. The zero-order valence-corrected chi connectivity index (χ0v) is 21.1. The number of halogens is 3. The average molecular weight is 494 g/mol. The van der Waals surface area contributed by atoms with E-state index in [1.54, 1.807) is 19.9 Å². The maximum absolute atomic E-state index is 15.2. The van der Waals surface area contributed by atoms with E-state index in [1.807, 2.05) is 13.8 Å². The fourth-order valence-electron chi connectivity index (χ4n) is 3.76. The second kappa shape index (κ2) is 9.27. The van der Waals surface area contributed by atoms with Gasteiger partial charge in [0.05, 0.1) is 23.3 Å². The quantitative estimate of drug-likeness (QED) is 0.400. The zero-order valence-electron chi connectivity index (χ0n) is 20.2. The maximum atomic E-state index is 15.2. The van der Waals surface area contributed by atoms with Gasteiger partial charge < -0.3 is 15.0 Å². The Labute approximate surface area is 197 Å². The van der Waals surface area contributed by atoms with Crippen molar-refractivity contribution in [3.63, 3.8) is 0 Å². The number of aliphatic hydroxyl groups is 1. The molecule has 0 spiro atoms. The number of pyridine rings is 1. The summed E-state index contributed by atoms with van der Waals surface area (Å²) in [5, 5.41) is 13.5. The second-order valence-electron chi connectivity index (χ2n) is 8.91. The lowest BCUT2D eigenvalue weighted by atomic mass is 9.91. The van der Waals surface area contributed by atoms with E-state index >= 15 is 4.39 Å². The molecule has 0 saturated heterocycles. The molecule has 0 amide bonds. The van der Waals surface area contributed by atoms with Crippen LogP contribution in [0.1, 0.15) is 57.6 Å². The highest BCUT2D eigenvalue weighted by Gasteiger charge is 2.49. The SMILES string of the molecule is CCP(=O)(CC)c1cc2c(N[C@H](C)c3cccc(C(F)(F)C(C)(C)O)c3F)nc(C)nc2cn1. The average Bonchev–Trinajstić information content (AvgIpc) is 2.77. The Balaban J connectivity index is 2.08. The van der Waals surface area contributed by atoms with Gasteiger partial charge in [-0.05, 0) is 39.8 Å². The highest BCUT2D eigenvalue weighted by atomic mass is 31.2. The van der Waals surface area contributed by atoms with Crippen molar-refractivity contribution in [2.24, 2.45) is 0 Å². The van der Waals surface area contributed by atoms with E-state index in [9.17, 15) is 18.5 Å². The third-order valence-corrected chi connectivity index (χ3v) is 9.20. The van der Waals surface area contributed by atoms with Crippen LogP contribution in [-0.4, -0.2) is 38.0 Å². The summed E-state index contributed by atoms with van der Waals surface area (Å²) in [6, 6.07) is 4.64. The predicted molar refractivity (Wildman–Crippen MR) is 129 cm³/mol. The Hall–Kier alpha value is -2.51. The first kappa shape index (κ1) is 26.1. The zero-order chi connectivity index (χ0) is 25.5. The molecule has 3 rings (SSSR count). The fourth-order valence-corrected chi connectivity index (χ4v) is 5.48. The van der Waals surface area contributed by atoms with Gasteiger partial charge in [-0.3, -0.25) is 4.98 Å². The van der Waals surface area contributed by atoms with Crippen LogP contribution in [0, 0.1) is 12.7 Å². The van der Waals surface area contributed by atoms with E-state index in [1.165, 1.54) is 18.3 Å². The van der Waals surface area contributed by atoms with Gasteiger partial charge in [0.2, 0.25) is 0 Å². The molecule has 1 atom stereocenters. The van der Waals surface area contributed by atoms with Crippen molar-refractivity contribution in [2.75, 3.05) is 17.6 Å². The van der Waals surface area contributed by atoms with E-state index < -0.39 is 36.1 Å². The molecule has 184 valence electrons. The van der Waals surface area contributed by atoms with Gasteiger partial charge in [-0.15, -0.1) is 0 Å². The van der Waals surface area contributed by atoms with Crippen LogP contribution in [0.2, 0.25) is 0 Å². The molecule has 2 aromatic heterocycles. The molecule has 1 aromatic carbocycles. The molecule has 2 heterocycles. The first-order valence-electron chi connectivity index (χ1n) is 11.1. The molecule has 0 saturated carbocycles. The molecular formula is C24H30F3N4O2P. The van der Waals surface area contributed by atoms with E-state index in [2.05, 4.69) is 20.3 Å². The monoisotopic (exact) mass is 494 g/mol. The molecule has 0 aliphatic rings. The molecule has 2 N–H and O–H groups in total. The van der Waals surface area contributed by atoms with Gasteiger partial charge in [-0.1, -0.05) is 26.0 Å². The summed E-state index contributed by atoms with van der Waals surface area (Å²) in [6.45, 7) is 8.89. The molecule has 34 heavy (non-hydrogen) atoms. The number of rotatable bonds is 8. The van der Waals surface area contributed by atoms with Gasteiger partial charge in [-0.2, -0.15) is 8.78 Å². The largest absolute Gasteiger partial charge is 0.384 e. The van der Waals surface area contributed by atoms with Gasteiger partial charge in [0.25, 0.3) is 0 Å². The number of hydrogen-bond donors (Lipinski definition) is 2. The van der Waals surface area contributed by atoms with Crippen LogP contribution in [0.4, 0.5) is 19.0 Å². The molecular weight excluding hydrogens is 464 g/mol. The van der Waals surface area contributed by atoms with E-state index in [4.69, 9.17) is 0 Å². The number of aryl methyl sites for hydroxylation is 1. The summed E-state index contributed by atoms with van der Waals surface area (Å²) >= 11 is 0. The van der Waals surface area contributed by atoms with Crippen molar-refractivity contribution >= 4 is 29.3 Å². The predicted octanol–water partition coefficient (Wildman–Crippen LogP) is 5.54. The smallest absolute Gasteiger partial charge is 0.303 e. The van der Waals surface area contributed by atoms with Crippen LogP contribution in [0.3, 0.4) is 0 Å². The van der Waals surface area contributed by atoms with E-state index in [-0.39, 0.29) is 5.56 Å². The summed E-state index contributed by atoms with van der Waals surface area (Å²) in [5.74, 6) is -4.11. The molecule has 0 aliphatic carbocycles. The molecule has 0 bridgehead atoms. The topological polar surface area (TPSA) is 88.0 Å². The van der Waals surface area contributed by atoms with Gasteiger partial charge in [0.1, 0.15) is 35.6 Å². The molecule has 10 heteroatoms. The number of nitrogens with one attached hydrogen (secondary N) is 1. The molecule has 0 aliphatic heterocycles. The number of benzene rings is 1. The minimum atomic E-state index is -3.80. The Kier molecular flexibility index (Phi) is 7.11. The van der Waals surface area contributed by atoms with Crippen molar-refractivity contribution in [3.8, 4) is 0 Å². The summed E-state index contributed by atoms with van der Waals surface area (Å²) in [6.07, 6.45) is 2.46.